The Bertz CT molecular complexity index is 1570. The number of hydrogen-bond acceptors (Lipinski definition) is 6. The Hall–Kier alpha value is -2.55. The van der Waals surface area contributed by atoms with E-state index in [1.54, 1.807) is 12.1 Å². The number of carbonyl (C=O) groups excluding carboxylic acids is 1. The maximum Gasteiger partial charge on any atom is 0.264 e. The molecule has 7 nitrogen and oxygen atoms in total. The maximum absolute atomic E-state index is 13.7. The number of aliphatic hydroxyl groups excluding tert-OH is 1. The van der Waals surface area contributed by atoms with Gasteiger partial charge in [0.2, 0.25) is 10.0 Å². The minimum atomic E-state index is -3.94. The zero-order valence-corrected chi connectivity index (χ0v) is 27.0. The Morgan fingerprint density at radius 3 is 2.75 bits per heavy atom. The number of aryl methyl sites for hydroxylation is 1. The van der Waals surface area contributed by atoms with Crippen molar-refractivity contribution in [3.63, 3.8) is 0 Å². The summed E-state index contributed by atoms with van der Waals surface area (Å²) >= 11 is 6.41. The van der Waals surface area contributed by atoms with Crippen LogP contribution in [0.25, 0.3) is 0 Å². The highest BCUT2D eigenvalue weighted by Crippen LogP contribution is 2.47. The number of anilines is 1. The molecule has 1 amide bonds. The van der Waals surface area contributed by atoms with Crippen molar-refractivity contribution in [1.82, 2.24) is 4.72 Å². The first-order chi connectivity index (χ1) is 21.1. The number of hydrogen-bond donors (Lipinski definition) is 2. The van der Waals surface area contributed by atoms with Crippen LogP contribution in [0.1, 0.15) is 79.8 Å². The van der Waals surface area contributed by atoms with Gasteiger partial charge in [0.25, 0.3) is 5.91 Å². The van der Waals surface area contributed by atoms with Gasteiger partial charge in [0.05, 0.1) is 23.6 Å². The summed E-state index contributed by atoms with van der Waals surface area (Å²) in [4.78, 5) is 15.9. The summed E-state index contributed by atoms with van der Waals surface area (Å²) in [6.07, 6.45) is 11.5. The molecule has 6 atom stereocenters. The van der Waals surface area contributed by atoms with Crippen LogP contribution in [0.4, 0.5) is 5.69 Å². The molecule has 2 heterocycles. The molecule has 3 aliphatic carbocycles. The lowest BCUT2D eigenvalue weighted by atomic mass is 9.68. The topological polar surface area (TPSA) is 95.9 Å². The second-order valence-corrected chi connectivity index (χ2v) is 16.4. The average molecular weight is 639 g/mol. The zero-order valence-electron chi connectivity index (χ0n) is 25.4. The van der Waals surface area contributed by atoms with Crippen LogP contribution in [0.2, 0.25) is 5.02 Å². The van der Waals surface area contributed by atoms with Crippen LogP contribution < -0.4 is 14.4 Å². The number of halogens is 1. The lowest BCUT2D eigenvalue weighted by Gasteiger charge is -2.45. The van der Waals surface area contributed by atoms with Crippen molar-refractivity contribution >= 4 is 33.2 Å². The predicted octanol–water partition coefficient (Wildman–Crippen LogP) is 6.02. The normalized spacial score (nSPS) is 34.0. The minimum absolute atomic E-state index is 0.168. The molecule has 44 heavy (non-hydrogen) atoms. The number of benzene rings is 2. The van der Waals surface area contributed by atoms with Gasteiger partial charge >= 0.3 is 0 Å². The first-order valence-corrected chi connectivity index (χ1v) is 18.3. The molecule has 1 spiro atoms. The number of amides is 1. The summed E-state index contributed by atoms with van der Waals surface area (Å²) in [5, 5.41) is 11.3. The summed E-state index contributed by atoms with van der Waals surface area (Å²) in [6.45, 7) is 3.85. The molecule has 2 aromatic carbocycles. The van der Waals surface area contributed by atoms with Crippen LogP contribution in [0.15, 0.2) is 48.6 Å². The molecule has 2 bridgehead atoms. The Morgan fingerprint density at radius 2 is 1.98 bits per heavy atom. The predicted molar refractivity (Wildman–Crippen MR) is 173 cm³/mol. The molecular weight excluding hydrogens is 596 g/mol. The molecule has 2 aliphatic heterocycles. The molecule has 0 aromatic heterocycles. The third kappa shape index (κ3) is 5.78. The van der Waals surface area contributed by atoms with Gasteiger partial charge in [-0.3, -0.25) is 4.79 Å². The van der Waals surface area contributed by atoms with E-state index in [4.69, 9.17) is 16.3 Å². The van der Waals surface area contributed by atoms with E-state index in [2.05, 4.69) is 21.8 Å². The molecule has 2 N–H and O–H groups in total. The summed E-state index contributed by atoms with van der Waals surface area (Å²) in [7, 11) is -3.94. The van der Waals surface area contributed by atoms with Crippen molar-refractivity contribution in [3.05, 3.63) is 70.3 Å². The molecule has 0 saturated heterocycles. The smallest absolute Gasteiger partial charge is 0.264 e. The van der Waals surface area contributed by atoms with Crippen LogP contribution in [0.3, 0.4) is 0 Å². The molecule has 9 heteroatoms. The van der Waals surface area contributed by atoms with Gasteiger partial charge in [-0.1, -0.05) is 49.6 Å². The van der Waals surface area contributed by atoms with Gasteiger partial charge in [0.15, 0.2) is 0 Å². The summed E-state index contributed by atoms with van der Waals surface area (Å²) in [5.74, 6) is 0.662. The largest absolute Gasteiger partial charge is 0.490 e. The molecule has 0 radical (unpaired) electrons. The summed E-state index contributed by atoms with van der Waals surface area (Å²) in [5.41, 5.74) is 3.39. The molecular formula is C35H43ClN2O5S. The van der Waals surface area contributed by atoms with Gasteiger partial charge in [-0.2, -0.15) is 0 Å². The number of nitrogens with one attached hydrogen (secondary N) is 1. The first-order valence-electron chi connectivity index (χ1n) is 16.3. The third-order valence-corrected chi connectivity index (χ3v) is 13.1. The minimum Gasteiger partial charge on any atom is -0.490 e. The van der Waals surface area contributed by atoms with E-state index in [-0.39, 0.29) is 17.3 Å². The second-order valence-electron chi connectivity index (χ2n) is 14.1. The van der Waals surface area contributed by atoms with E-state index in [0.717, 1.165) is 62.2 Å². The van der Waals surface area contributed by atoms with Crippen LogP contribution in [-0.4, -0.2) is 50.5 Å². The van der Waals surface area contributed by atoms with Gasteiger partial charge in [-0.05, 0) is 110 Å². The molecule has 5 aliphatic rings. The van der Waals surface area contributed by atoms with Crippen molar-refractivity contribution in [2.45, 2.75) is 81.5 Å². The quantitative estimate of drug-likeness (QED) is 0.391. The Balaban J connectivity index is 1.28. The molecule has 2 saturated carbocycles. The van der Waals surface area contributed by atoms with E-state index in [1.807, 2.05) is 31.2 Å². The fourth-order valence-electron chi connectivity index (χ4n) is 8.17. The van der Waals surface area contributed by atoms with E-state index in [0.29, 0.717) is 49.1 Å². The van der Waals surface area contributed by atoms with Gasteiger partial charge in [0.1, 0.15) is 5.75 Å². The van der Waals surface area contributed by atoms with E-state index in [9.17, 15) is 18.3 Å². The number of allylic oxidation sites excluding steroid dienone is 1. The van der Waals surface area contributed by atoms with Gasteiger partial charge in [-0.15, -0.1) is 0 Å². The second kappa shape index (κ2) is 11.7. The van der Waals surface area contributed by atoms with Gasteiger partial charge in [0, 0.05) is 29.1 Å². The fraction of sp³-hybridized carbons (Fsp3) is 0.571. The van der Waals surface area contributed by atoms with E-state index in [1.165, 1.54) is 11.1 Å². The van der Waals surface area contributed by atoms with E-state index >= 15 is 0 Å². The van der Waals surface area contributed by atoms with Crippen LogP contribution in [0.5, 0.6) is 5.75 Å². The molecule has 2 aromatic rings. The van der Waals surface area contributed by atoms with Crippen molar-refractivity contribution in [3.8, 4) is 5.75 Å². The lowest BCUT2D eigenvalue weighted by molar-refractivity contribution is 0.0177. The number of nitrogens with zero attached hydrogens (tertiary/aromatic N) is 1. The number of aliphatic hydroxyl groups is 1. The highest BCUT2D eigenvalue weighted by Gasteiger charge is 2.44. The van der Waals surface area contributed by atoms with Crippen molar-refractivity contribution < 1.29 is 23.1 Å². The van der Waals surface area contributed by atoms with Crippen LogP contribution in [-0.2, 0) is 21.9 Å². The summed E-state index contributed by atoms with van der Waals surface area (Å²) < 4.78 is 36.4. The van der Waals surface area contributed by atoms with Crippen LogP contribution in [0, 0.1) is 23.7 Å². The number of sulfonamides is 1. The SMILES string of the molecule is C[C@@H]1/C=C\C[C@H](O)[C@@H]2CC[C@H]2CN2C[C@@]3(CCCc4cc(Cl)ccc43)COc3ccc(cc32)C(=O)NS(=O)(=O)[C@H]1CC1CC1. The molecule has 2 fully saturated rings. The first kappa shape index (κ1) is 30.1. The Kier molecular flexibility index (Phi) is 7.99. The van der Waals surface area contributed by atoms with Crippen molar-refractivity contribution in [2.75, 3.05) is 24.6 Å². The van der Waals surface area contributed by atoms with Crippen molar-refractivity contribution in [1.29, 1.82) is 0 Å². The Morgan fingerprint density at radius 1 is 1.14 bits per heavy atom. The average Bonchev–Trinajstić information content (AvgIpc) is 3.81. The molecule has 0 unspecified atom stereocenters. The number of fused-ring (bicyclic) bond motifs is 4. The third-order valence-electron chi connectivity index (χ3n) is 11.0. The van der Waals surface area contributed by atoms with Crippen molar-refractivity contribution in [2.24, 2.45) is 23.7 Å². The number of carbonyl (C=O) groups is 1. The van der Waals surface area contributed by atoms with Gasteiger partial charge in [-0.25, -0.2) is 13.1 Å². The van der Waals surface area contributed by atoms with Crippen LogP contribution >= 0.6 is 11.6 Å². The lowest BCUT2D eigenvalue weighted by Crippen LogP contribution is -2.49. The summed E-state index contributed by atoms with van der Waals surface area (Å²) in [6, 6.07) is 11.5. The zero-order chi connectivity index (χ0) is 30.6. The highest BCUT2D eigenvalue weighted by molar-refractivity contribution is 7.90. The standard InChI is InChI=1S/C35H43ClN2O5S/c1-22-4-2-6-31(39)28-12-9-26(28)19-38-20-35(15-3-5-24-17-27(36)11-13-29(24)35)21-43-32-14-10-25(18-30(32)38)34(40)37-44(41,42)33(22)16-23-7-8-23/h2,4,10-11,13-14,17-18,22-23,26,28,31,33,39H,3,5-9,12,15-16,19-21H2,1H3,(H,37,40)/b4-2-/t22-,26+,28-,31+,33+,35+/m1/s1. The number of rotatable bonds is 2. The van der Waals surface area contributed by atoms with E-state index < -0.39 is 27.3 Å². The Labute approximate surface area is 266 Å². The highest BCUT2D eigenvalue weighted by atomic mass is 35.5. The van der Waals surface area contributed by atoms with Gasteiger partial charge < -0.3 is 14.7 Å². The monoisotopic (exact) mass is 638 g/mol. The molecule has 7 rings (SSSR count). The molecule has 236 valence electrons. The maximum atomic E-state index is 13.7. The number of ether oxygens (including phenoxy) is 1. The fourth-order valence-corrected chi connectivity index (χ4v) is 10.1.